The molecule has 0 radical (unpaired) electrons. The van der Waals surface area contributed by atoms with Crippen LogP contribution in [0.2, 0.25) is 0 Å². The first-order chi connectivity index (χ1) is 10.9. The third-order valence-corrected chi connectivity index (χ3v) is 10.3. The second kappa shape index (κ2) is 5.25. The zero-order valence-electron chi connectivity index (χ0n) is 16.5. The lowest BCUT2D eigenvalue weighted by Gasteiger charge is -2.66. The minimum absolute atomic E-state index is 0.658. The van der Waals surface area contributed by atoms with Crippen LogP contribution in [0, 0.1) is 45.8 Å². The van der Waals surface area contributed by atoms with Gasteiger partial charge in [-0.15, -0.1) is 0 Å². The molecule has 0 aliphatic heterocycles. The van der Waals surface area contributed by atoms with Crippen molar-refractivity contribution in [2.75, 3.05) is 0 Å². The maximum absolute atomic E-state index is 2.75. The van der Waals surface area contributed by atoms with Gasteiger partial charge in [-0.2, -0.15) is 0 Å². The van der Waals surface area contributed by atoms with Crippen LogP contribution in [0.15, 0.2) is 0 Å². The molecule has 0 N–H and O–H groups in total. The predicted octanol–water partition coefficient (Wildman–Crippen LogP) is 7.08. The van der Waals surface area contributed by atoms with E-state index in [0.29, 0.717) is 16.2 Å². The SMILES string of the molecule is CC[C@]12CCC3[C@@]4(C)CC[C@H](C)C[C@H]4CC[C@@]3(C)[C@H]1CC[C@@H]2C. The van der Waals surface area contributed by atoms with Gasteiger partial charge in [0, 0.05) is 0 Å². The molecule has 4 aliphatic carbocycles. The van der Waals surface area contributed by atoms with Crippen molar-refractivity contribution in [3.8, 4) is 0 Å². The Balaban J connectivity index is 1.70. The molecule has 0 nitrogen and oxygen atoms in total. The molecule has 0 aromatic heterocycles. The van der Waals surface area contributed by atoms with Crippen molar-refractivity contribution in [3.63, 3.8) is 0 Å². The monoisotopic (exact) mass is 316 g/mol. The van der Waals surface area contributed by atoms with Gasteiger partial charge in [0.1, 0.15) is 0 Å². The molecular weight excluding hydrogens is 276 g/mol. The molecule has 4 aliphatic rings. The minimum atomic E-state index is 0.658. The van der Waals surface area contributed by atoms with Crippen molar-refractivity contribution in [1.29, 1.82) is 0 Å². The van der Waals surface area contributed by atoms with Gasteiger partial charge in [-0.1, -0.05) is 41.0 Å². The van der Waals surface area contributed by atoms with Crippen LogP contribution in [0.4, 0.5) is 0 Å². The van der Waals surface area contributed by atoms with Gasteiger partial charge < -0.3 is 0 Å². The van der Waals surface area contributed by atoms with Gasteiger partial charge in [0.25, 0.3) is 0 Å². The van der Waals surface area contributed by atoms with E-state index >= 15 is 0 Å². The Kier molecular flexibility index (Phi) is 3.76. The third-order valence-electron chi connectivity index (χ3n) is 10.3. The summed E-state index contributed by atoms with van der Waals surface area (Å²) in [4.78, 5) is 0. The maximum atomic E-state index is 2.75. The van der Waals surface area contributed by atoms with Crippen molar-refractivity contribution in [1.82, 2.24) is 0 Å². The Morgan fingerprint density at radius 2 is 1.52 bits per heavy atom. The summed E-state index contributed by atoms with van der Waals surface area (Å²) in [5, 5.41) is 0. The molecule has 8 atom stereocenters. The Bertz CT molecular complexity index is 467. The summed E-state index contributed by atoms with van der Waals surface area (Å²) >= 11 is 0. The van der Waals surface area contributed by atoms with Crippen LogP contribution in [0.3, 0.4) is 0 Å². The summed E-state index contributed by atoms with van der Waals surface area (Å²) in [6.07, 6.45) is 15.2. The van der Waals surface area contributed by atoms with Crippen LogP contribution in [0.1, 0.15) is 98.8 Å². The molecule has 4 rings (SSSR count). The largest absolute Gasteiger partial charge is 0.0648 e. The first-order valence-corrected chi connectivity index (χ1v) is 10.9. The first kappa shape index (κ1) is 16.5. The normalized spacial score (nSPS) is 59.1. The molecular formula is C23H40. The standard InChI is InChI=1S/C23H40/c1-6-23-14-11-19-21(4)12-9-16(2)15-18(21)10-13-22(19,5)20(23)8-7-17(23)3/h16-20H,6-15H2,1-5H3/t16-,17-,18+,19?,20+,21-,22+,23+/m0/s1. The quantitative estimate of drug-likeness (QED) is 0.485. The van der Waals surface area contributed by atoms with E-state index in [4.69, 9.17) is 0 Å². The number of rotatable bonds is 1. The zero-order chi connectivity index (χ0) is 16.5. The van der Waals surface area contributed by atoms with Gasteiger partial charge in [0.05, 0.1) is 0 Å². The second-order valence-corrected chi connectivity index (χ2v) is 10.8. The molecule has 0 saturated heterocycles. The summed E-state index contributed by atoms with van der Waals surface area (Å²) < 4.78 is 0. The Morgan fingerprint density at radius 3 is 2.26 bits per heavy atom. The number of fused-ring (bicyclic) bond motifs is 5. The van der Waals surface area contributed by atoms with E-state index in [0.717, 1.165) is 29.6 Å². The van der Waals surface area contributed by atoms with Crippen LogP contribution in [0.25, 0.3) is 0 Å². The minimum Gasteiger partial charge on any atom is -0.0648 e. The molecule has 132 valence electrons. The fourth-order valence-corrected chi connectivity index (χ4v) is 8.96. The van der Waals surface area contributed by atoms with E-state index in [1.807, 2.05) is 0 Å². The smallest absolute Gasteiger partial charge is 0.0241 e. The van der Waals surface area contributed by atoms with Crippen LogP contribution in [-0.2, 0) is 0 Å². The van der Waals surface area contributed by atoms with Crippen molar-refractivity contribution >= 4 is 0 Å². The van der Waals surface area contributed by atoms with Crippen molar-refractivity contribution in [2.24, 2.45) is 45.8 Å². The third kappa shape index (κ3) is 2.02. The molecule has 0 heteroatoms. The van der Waals surface area contributed by atoms with Crippen LogP contribution < -0.4 is 0 Å². The highest BCUT2D eigenvalue weighted by molar-refractivity contribution is 5.13. The van der Waals surface area contributed by atoms with Gasteiger partial charge in [-0.3, -0.25) is 0 Å². The van der Waals surface area contributed by atoms with Crippen LogP contribution in [-0.4, -0.2) is 0 Å². The summed E-state index contributed by atoms with van der Waals surface area (Å²) in [7, 11) is 0. The van der Waals surface area contributed by atoms with E-state index in [-0.39, 0.29) is 0 Å². The fraction of sp³-hybridized carbons (Fsp3) is 1.00. The van der Waals surface area contributed by atoms with Crippen molar-refractivity contribution in [2.45, 2.75) is 98.8 Å². The summed E-state index contributed by atoms with van der Waals surface area (Å²) in [6.45, 7) is 13.1. The maximum Gasteiger partial charge on any atom is -0.0241 e. The highest BCUT2D eigenvalue weighted by Gasteiger charge is 2.64. The topological polar surface area (TPSA) is 0 Å². The lowest BCUT2D eigenvalue weighted by atomic mass is 9.39. The summed E-state index contributed by atoms with van der Waals surface area (Å²) in [5.74, 6) is 5.06. The molecule has 23 heavy (non-hydrogen) atoms. The van der Waals surface area contributed by atoms with Gasteiger partial charge in [-0.25, -0.2) is 0 Å². The average molecular weight is 317 g/mol. The van der Waals surface area contributed by atoms with E-state index in [1.165, 1.54) is 32.1 Å². The molecule has 0 amide bonds. The first-order valence-electron chi connectivity index (χ1n) is 10.9. The highest BCUT2D eigenvalue weighted by atomic mass is 14.7. The average Bonchev–Trinajstić information content (AvgIpc) is 2.87. The van der Waals surface area contributed by atoms with Crippen LogP contribution in [0.5, 0.6) is 0 Å². The van der Waals surface area contributed by atoms with Gasteiger partial charge in [0.15, 0.2) is 0 Å². The highest BCUT2D eigenvalue weighted by Crippen LogP contribution is 2.73. The molecule has 1 unspecified atom stereocenters. The molecule has 0 bridgehead atoms. The Hall–Kier alpha value is 0. The Labute approximate surface area is 145 Å². The van der Waals surface area contributed by atoms with Gasteiger partial charge >= 0.3 is 0 Å². The van der Waals surface area contributed by atoms with Crippen LogP contribution >= 0.6 is 0 Å². The lowest BCUT2D eigenvalue weighted by Crippen LogP contribution is -2.58. The molecule has 0 aromatic carbocycles. The van der Waals surface area contributed by atoms with Crippen molar-refractivity contribution in [3.05, 3.63) is 0 Å². The number of hydrogen-bond acceptors (Lipinski definition) is 0. The molecule has 0 spiro atoms. The van der Waals surface area contributed by atoms with E-state index in [2.05, 4.69) is 34.6 Å². The van der Waals surface area contributed by atoms with E-state index < -0.39 is 0 Å². The number of hydrogen-bond donors (Lipinski definition) is 0. The molecule has 4 fully saturated rings. The zero-order valence-corrected chi connectivity index (χ0v) is 16.5. The van der Waals surface area contributed by atoms with Gasteiger partial charge in [-0.05, 0) is 104 Å². The predicted molar refractivity (Wildman–Crippen MR) is 99.3 cm³/mol. The Morgan fingerprint density at radius 1 is 0.783 bits per heavy atom. The fourth-order valence-electron chi connectivity index (χ4n) is 8.96. The molecule has 0 aromatic rings. The second-order valence-electron chi connectivity index (χ2n) is 10.8. The summed E-state index contributed by atoms with van der Waals surface area (Å²) in [6, 6.07) is 0. The molecule has 0 heterocycles. The van der Waals surface area contributed by atoms with Gasteiger partial charge in [0.2, 0.25) is 0 Å². The van der Waals surface area contributed by atoms with E-state index in [1.54, 1.807) is 32.1 Å². The lowest BCUT2D eigenvalue weighted by molar-refractivity contribution is -0.172. The molecule has 4 saturated carbocycles. The van der Waals surface area contributed by atoms with Crippen molar-refractivity contribution < 1.29 is 0 Å². The summed E-state index contributed by atoms with van der Waals surface area (Å²) in [5.41, 5.74) is 2.03. The van der Waals surface area contributed by atoms with E-state index in [9.17, 15) is 0 Å².